The zero-order chi connectivity index (χ0) is 17.7. The number of hydrogen-bond donors (Lipinski definition) is 0. The fourth-order valence-corrected chi connectivity index (χ4v) is 4.24. The van der Waals surface area contributed by atoms with Crippen LogP contribution in [0, 0.1) is 17.2 Å². The first-order valence-corrected chi connectivity index (χ1v) is 8.69. The van der Waals surface area contributed by atoms with Crippen LogP contribution in [-0.2, 0) is 16.6 Å². The summed E-state index contributed by atoms with van der Waals surface area (Å²) in [7, 11) is 0. The molecule has 128 valence electrons. The van der Waals surface area contributed by atoms with Crippen LogP contribution in [0.2, 0.25) is 0 Å². The Labute approximate surface area is 144 Å². The average Bonchev–Trinajstić information content (AvgIpc) is 2.48. The van der Waals surface area contributed by atoms with Crippen molar-refractivity contribution in [2.75, 3.05) is 6.54 Å². The van der Waals surface area contributed by atoms with Crippen molar-refractivity contribution in [2.45, 2.75) is 64.5 Å². The van der Waals surface area contributed by atoms with Gasteiger partial charge in [0, 0.05) is 12.6 Å². The van der Waals surface area contributed by atoms with Gasteiger partial charge in [-0.15, -0.1) is 0 Å². The molecule has 1 aromatic carbocycles. The Morgan fingerprint density at radius 1 is 1.42 bits per heavy atom. The van der Waals surface area contributed by atoms with Crippen molar-refractivity contribution in [2.24, 2.45) is 5.92 Å². The maximum Gasteiger partial charge on any atom is 0.410 e. The third-order valence-corrected chi connectivity index (χ3v) is 5.77. The fraction of sp³-hybridized carbons (Fsp3) is 0.600. The smallest absolute Gasteiger partial charge is 0.410 e. The van der Waals surface area contributed by atoms with Crippen LogP contribution in [-0.4, -0.2) is 29.2 Å². The summed E-state index contributed by atoms with van der Waals surface area (Å²) in [6.07, 6.45) is 1.52. The van der Waals surface area contributed by atoms with E-state index in [1.165, 1.54) is 11.1 Å². The lowest BCUT2D eigenvalue weighted by atomic mass is 9.59. The molecule has 3 rings (SSSR count). The van der Waals surface area contributed by atoms with Gasteiger partial charge < -0.3 is 9.64 Å². The Kier molecular flexibility index (Phi) is 3.86. The van der Waals surface area contributed by atoms with E-state index >= 15 is 0 Å². The number of rotatable bonds is 0. The molecule has 0 aromatic heterocycles. The molecule has 0 saturated carbocycles. The number of carbonyl (C=O) groups excluding carboxylic acids is 1. The minimum absolute atomic E-state index is 0.00359. The Morgan fingerprint density at radius 3 is 2.75 bits per heavy atom. The monoisotopic (exact) mass is 326 g/mol. The molecule has 4 heteroatoms. The van der Waals surface area contributed by atoms with E-state index in [0.717, 1.165) is 18.4 Å². The highest BCUT2D eigenvalue weighted by atomic mass is 16.6. The van der Waals surface area contributed by atoms with Crippen molar-refractivity contribution in [1.82, 2.24) is 4.90 Å². The zero-order valence-corrected chi connectivity index (χ0v) is 15.2. The number of nitriles is 1. The molecule has 24 heavy (non-hydrogen) atoms. The van der Waals surface area contributed by atoms with E-state index in [0.29, 0.717) is 12.5 Å². The van der Waals surface area contributed by atoms with Gasteiger partial charge in [0.15, 0.2) is 0 Å². The van der Waals surface area contributed by atoms with E-state index in [1.807, 2.05) is 37.8 Å². The minimum Gasteiger partial charge on any atom is -0.444 e. The molecule has 2 aliphatic rings. The molecular formula is C20H26N2O2. The summed E-state index contributed by atoms with van der Waals surface area (Å²) in [5.74, 6) is 0.334. The summed E-state index contributed by atoms with van der Waals surface area (Å²) in [6.45, 7) is 10.9. The first kappa shape index (κ1) is 16.8. The molecule has 1 saturated heterocycles. The van der Waals surface area contributed by atoms with Crippen LogP contribution in [0.4, 0.5) is 4.79 Å². The van der Waals surface area contributed by atoms with E-state index < -0.39 is 5.60 Å². The van der Waals surface area contributed by atoms with Crippen LogP contribution in [0.3, 0.4) is 0 Å². The summed E-state index contributed by atoms with van der Waals surface area (Å²) in [5, 5.41) is 9.22. The lowest BCUT2D eigenvalue weighted by Gasteiger charge is -2.54. The molecule has 1 aliphatic heterocycles. The predicted molar refractivity (Wildman–Crippen MR) is 92.7 cm³/mol. The van der Waals surface area contributed by atoms with Gasteiger partial charge >= 0.3 is 6.09 Å². The molecule has 4 nitrogen and oxygen atoms in total. The van der Waals surface area contributed by atoms with Gasteiger partial charge in [-0.05, 0) is 68.2 Å². The highest BCUT2D eigenvalue weighted by molar-refractivity contribution is 5.69. The lowest BCUT2D eigenvalue weighted by Crippen LogP contribution is -2.60. The van der Waals surface area contributed by atoms with E-state index in [9.17, 15) is 10.1 Å². The molecule has 3 atom stereocenters. The van der Waals surface area contributed by atoms with Crippen LogP contribution in [0.25, 0.3) is 0 Å². The largest absolute Gasteiger partial charge is 0.444 e. The molecule has 0 spiro atoms. The van der Waals surface area contributed by atoms with Gasteiger partial charge in [0.05, 0.1) is 11.6 Å². The van der Waals surface area contributed by atoms with Gasteiger partial charge in [-0.3, -0.25) is 0 Å². The number of fused-ring (bicyclic) bond motifs is 4. The van der Waals surface area contributed by atoms with Crippen molar-refractivity contribution in [3.8, 4) is 6.07 Å². The summed E-state index contributed by atoms with van der Waals surface area (Å²) < 4.78 is 5.62. The third-order valence-electron chi connectivity index (χ3n) is 5.77. The molecule has 1 heterocycles. The van der Waals surface area contributed by atoms with E-state index in [-0.39, 0.29) is 17.6 Å². The van der Waals surface area contributed by atoms with Gasteiger partial charge in [0.25, 0.3) is 0 Å². The van der Waals surface area contributed by atoms with Gasteiger partial charge in [0.2, 0.25) is 0 Å². The molecular weight excluding hydrogens is 300 g/mol. The van der Waals surface area contributed by atoms with Crippen LogP contribution in [0.15, 0.2) is 18.2 Å². The first-order chi connectivity index (χ1) is 11.2. The molecule has 2 bridgehead atoms. The van der Waals surface area contributed by atoms with Crippen molar-refractivity contribution in [3.05, 3.63) is 34.9 Å². The third kappa shape index (κ3) is 2.66. The van der Waals surface area contributed by atoms with Crippen LogP contribution < -0.4 is 0 Å². The minimum atomic E-state index is -0.477. The van der Waals surface area contributed by atoms with Crippen molar-refractivity contribution >= 4 is 6.09 Å². The van der Waals surface area contributed by atoms with Crippen molar-refractivity contribution in [1.29, 1.82) is 5.26 Å². The first-order valence-electron chi connectivity index (χ1n) is 8.69. The normalized spacial score (nSPS) is 28.8. The number of carbonyl (C=O) groups is 1. The Balaban J connectivity index is 1.95. The quantitative estimate of drug-likeness (QED) is 0.723. The predicted octanol–water partition coefficient (Wildman–Crippen LogP) is 4.02. The number of likely N-dealkylation sites (tertiary alicyclic amines) is 1. The van der Waals surface area contributed by atoms with E-state index in [2.05, 4.69) is 26.0 Å². The summed E-state index contributed by atoms with van der Waals surface area (Å²) >= 11 is 0. The molecule has 0 unspecified atom stereocenters. The fourth-order valence-electron chi connectivity index (χ4n) is 4.24. The van der Waals surface area contributed by atoms with E-state index in [1.54, 1.807) is 0 Å². The van der Waals surface area contributed by atoms with Gasteiger partial charge in [0.1, 0.15) is 5.60 Å². The van der Waals surface area contributed by atoms with Crippen molar-refractivity contribution < 1.29 is 9.53 Å². The van der Waals surface area contributed by atoms with Crippen LogP contribution in [0.1, 0.15) is 57.7 Å². The van der Waals surface area contributed by atoms with Gasteiger partial charge in [-0.2, -0.15) is 5.26 Å². The molecule has 0 radical (unpaired) electrons. The SMILES string of the molecule is C[C@@H]1[C@H]2Cc3ccc(C#N)cc3[C@]1(C)CCN2C(=O)OC(C)(C)C. The summed E-state index contributed by atoms with van der Waals surface area (Å²) in [5.41, 5.74) is 2.79. The van der Waals surface area contributed by atoms with E-state index in [4.69, 9.17) is 4.74 Å². The highest BCUT2D eigenvalue weighted by Gasteiger charge is 2.50. The topological polar surface area (TPSA) is 53.3 Å². The number of piperidine rings is 1. The Morgan fingerprint density at radius 2 is 2.12 bits per heavy atom. The number of amides is 1. The second-order valence-corrected chi connectivity index (χ2v) is 8.39. The van der Waals surface area contributed by atoms with Crippen molar-refractivity contribution in [3.63, 3.8) is 0 Å². The molecule has 1 aromatic rings. The standard InChI is InChI=1S/C20H26N2O2/c1-13-17-11-15-7-6-14(12-21)10-16(15)20(13,5)8-9-22(17)18(23)24-19(2,3)4/h6-7,10,13,17H,8-9,11H2,1-5H3/t13-,17-,20-/m1/s1. The molecule has 1 fully saturated rings. The number of nitrogens with zero attached hydrogens (tertiary/aromatic N) is 2. The highest BCUT2D eigenvalue weighted by Crippen LogP contribution is 2.48. The Hall–Kier alpha value is -2.02. The van der Waals surface area contributed by atoms with Gasteiger partial charge in [-0.25, -0.2) is 4.79 Å². The molecule has 1 amide bonds. The lowest BCUT2D eigenvalue weighted by molar-refractivity contribution is -0.0164. The van der Waals surface area contributed by atoms with Crippen LogP contribution >= 0.6 is 0 Å². The zero-order valence-electron chi connectivity index (χ0n) is 15.2. The molecule has 1 aliphatic carbocycles. The summed E-state index contributed by atoms with van der Waals surface area (Å²) in [4.78, 5) is 14.6. The van der Waals surface area contributed by atoms with Crippen LogP contribution in [0.5, 0.6) is 0 Å². The summed E-state index contributed by atoms with van der Waals surface area (Å²) in [6, 6.07) is 8.39. The second-order valence-electron chi connectivity index (χ2n) is 8.39. The maximum absolute atomic E-state index is 12.6. The number of ether oxygens (including phenoxy) is 1. The van der Waals surface area contributed by atoms with Gasteiger partial charge in [-0.1, -0.05) is 19.9 Å². The maximum atomic E-state index is 12.6. The molecule has 0 N–H and O–H groups in total. The Bertz CT molecular complexity index is 713. The average molecular weight is 326 g/mol. The number of benzene rings is 1. The second kappa shape index (κ2) is 5.51. The number of hydrogen-bond acceptors (Lipinski definition) is 3.